The summed E-state index contributed by atoms with van der Waals surface area (Å²) in [5, 5.41) is 12.3. The number of pyridine rings is 3. The molecule has 8 nitrogen and oxygen atoms in total. The molecule has 138 valence electrons. The van der Waals surface area contributed by atoms with Crippen molar-refractivity contribution >= 4 is 16.6 Å². The number of fused-ring (bicyclic) bond motifs is 2. The highest BCUT2D eigenvalue weighted by molar-refractivity contribution is 5.76. The molecule has 0 N–H and O–H groups in total. The lowest BCUT2D eigenvalue weighted by Crippen LogP contribution is -2.21. The summed E-state index contributed by atoms with van der Waals surface area (Å²) in [7, 11) is 0. The third kappa shape index (κ3) is 2.56. The Bertz CT molecular complexity index is 1400. The second-order valence-corrected chi connectivity index (χ2v) is 6.40. The van der Waals surface area contributed by atoms with E-state index in [1.54, 1.807) is 49.8 Å². The zero-order chi connectivity index (χ0) is 19.3. The molecule has 0 aromatic carbocycles. The molecule has 0 saturated heterocycles. The van der Waals surface area contributed by atoms with Crippen molar-refractivity contribution in [2.24, 2.45) is 0 Å². The first kappa shape index (κ1) is 16.3. The van der Waals surface area contributed by atoms with Gasteiger partial charge in [-0.25, -0.2) is 4.39 Å². The quantitative estimate of drug-likeness (QED) is 0.481. The predicted octanol–water partition coefficient (Wildman–Crippen LogP) is 2.59. The average molecular weight is 376 g/mol. The summed E-state index contributed by atoms with van der Waals surface area (Å²) in [5.74, 6) is 0.310. The summed E-state index contributed by atoms with van der Waals surface area (Å²) >= 11 is 0. The fourth-order valence-electron chi connectivity index (χ4n) is 3.13. The van der Waals surface area contributed by atoms with Gasteiger partial charge in [-0.2, -0.15) is 0 Å². The van der Waals surface area contributed by atoms with Gasteiger partial charge in [-0.05, 0) is 31.2 Å². The van der Waals surface area contributed by atoms with Gasteiger partial charge in [0.25, 0.3) is 5.56 Å². The van der Waals surface area contributed by atoms with E-state index in [-0.39, 0.29) is 17.8 Å². The van der Waals surface area contributed by atoms with Crippen LogP contribution in [-0.2, 0) is 6.54 Å². The highest BCUT2D eigenvalue weighted by atomic mass is 19.1. The minimum atomic E-state index is -0.541. The molecule has 0 spiro atoms. The molecule has 0 atom stereocenters. The normalized spacial score (nSPS) is 11.5. The molecule has 5 aromatic heterocycles. The molecule has 5 aromatic rings. The van der Waals surface area contributed by atoms with Crippen LogP contribution in [0.15, 0.2) is 58.2 Å². The monoisotopic (exact) mass is 376 g/mol. The van der Waals surface area contributed by atoms with Crippen molar-refractivity contribution in [1.82, 2.24) is 29.3 Å². The van der Waals surface area contributed by atoms with E-state index in [4.69, 9.17) is 4.52 Å². The van der Waals surface area contributed by atoms with E-state index < -0.39 is 5.82 Å². The topological polar surface area (TPSA) is 91.1 Å². The maximum Gasteiger partial charge on any atom is 0.260 e. The molecular formula is C19H13FN6O2. The Morgan fingerprint density at radius 1 is 1.21 bits per heavy atom. The van der Waals surface area contributed by atoms with Gasteiger partial charge in [0.2, 0.25) is 0 Å². The molecule has 9 heteroatoms. The van der Waals surface area contributed by atoms with Crippen LogP contribution in [0.2, 0.25) is 0 Å². The largest absolute Gasteiger partial charge is 0.356 e. The van der Waals surface area contributed by atoms with Crippen molar-refractivity contribution in [2.45, 2.75) is 13.5 Å². The predicted molar refractivity (Wildman–Crippen MR) is 98.3 cm³/mol. The van der Waals surface area contributed by atoms with Crippen LogP contribution in [0.3, 0.4) is 0 Å². The molecule has 0 unspecified atom stereocenters. The summed E-state index contributed by atoms with van der Waals surface area (Å²) < 4.78 is 22.7. The fraction of sp³-hybridized carbons (Fsp3) is 0.105. The van der Waals surface area contributed by atoms with Crippen molar-refractivity contribution in [3.05, 3.63) is 76.6 Å². The molecule has 0 amide bonds. The third-order valence-electron chi connectivity index (χ3n) is 4.50. The van der Waals surface area contributed by atoms with Gasteiger partial charge in [0, 0.05) is 30.2 Å². The Morgan fingerprint density at radius 3 is 2.93 bits per heavy atom. The molecule has 28 heavy (non-hydrogen) atoms. The summed E-state index contributed by atoms with van der Waals surface area (Å²) in [5.41, 5.74) is 1.68. The van der Waals surface area contributed by atoms with Crippen LogP contribution in [0.1, 0.15) is 11.5 Å². The Labute approximate surface area is 156 Å². The Kier molecular flexibility index (Phi) is 3.54. The van der Waals surface area contributed by atoms with Gasteiger partial charge < -0.3 is 9.09 Å². The zero-order valence-corrected chi connectivity index (χ0v) is 14.7. The van der Waals surface area contributed by atoms with Crippen LogP contribution in [0.25, 0.3) is 27.9 Å². The molecular weight excluding hydrogens is 363 g/mol. The van der Waals surface area contributed by atoms with Crippen LogP contribution >= 0.6 is 0 Å². The number of hydrogen-bond donors (Lipinski definition) is 0. The summed E-state index contributed by atoms with van der Waals surface area (Å²) in [4.78, 5) is 16.9. The van der Waals surface area contributed by atoms with E-state index in [0.717, 1.165) is 0 Å². The van der Waals surface area contributed by atoms with E-state index in [1.165, 1.54) is 15.0 Å². The number of aromatic nitrogens is 6. The van der Waals surface area contributed by atoms with Gasteiger partial charge in [-0.15, -0.1) is 10.2 Å². The molecule has 0 fully saturated rings. The maximum absolute atomic E-state index is 14.5. The summed E-state index contributed by atoms with van der Waals surface area (Å²) in [6, 6.07) is 8.21. The maximum atomic E-state index is 14.5. The van der Waals surface area contributed by atoms with Crippen LogP contribution in [0, 0.1) is 12.7 Å². The van der Waals surface area contributed by atoms with Crippen molar-refractivity contribution in [1.29, 1.82) is 0 Å². The van der Waals surface area contributed by atoms with E-state index in [9.17, 15) is 9.18 Å². The number of aryl methyl sites for hydroxylation is 1. The summed E-state index contributed by atoms with van der Waals surface area (Å²) in [6.07, 6.45) is 4.94. The lowest BCUT2D eigenvalue weighted by molar-refractivity contribution is 0.426. The molecule has 0 saturated carbocycles. The first-order valence-electron chi connectivity index (χ1n) is 8.51. The van der Waals surface area contributed by atoms with Crippen LogP contribution in [0.5, 0.6) is 0 Å². The van der Waals surface area contributed by atoms with Crippen molar-refractivity contribution < 1.29 is 8.91 Å². The molecule has 0 bridgehead atoms. The van der Waals surface area contributed by atoms with Crippen LogP contribution in [0.4, 0.5) is 4.39 Å². The van der Waals surface area contributed by atoms with Crippen molar-refractivity contribution in [3.8, 4) is 11.3 Å². The lowest BCUT2D eigenvalue weighted by atomic mass is 10.2. The first-order valence-corrected chi connectivity index (χ1v) is 8.51. The van der Waals surface area contributed by atoms with E-state index in [0.29, 0.717) is 33.7 Å². The number of nitrogens with zero attached hydrogens (tertiary/aromatic N) is 6. The summed E-state index contributed by atoms with van der Waals surface area (Å²) in [6.45, 7) is 1.91. The van der Waals surface area contributed by atoms with E-state index in [2.05, 4.69) is 20.3 Å². The standard InChI is InChI=1S/C19H13FN6O2/c1-11-7-16(28-24-11)12-8-14(20)18-23-22-17(26(18)9-12)10-25-6-4-15-13(19(25)27)3-2-5-21-15/h2-9H,10H2,1H3. The SMILES string of the molecule is Cc1cc(-c2cc(F)c3nnc(Cn4ccc5ncccc5c4=O)n3c2)on1. The van der Waals surface area contributed by atoms with Crippen molar-refractivity contribution in [2.75, 3.05) is 0 Å². The minimum Gasteiger partial charge on any atom is -0.356 e. The molecule has 0 aliphatic carbocycles. The van der Waals surface area contributed by atoms with Gasteiger partial charge in [-0.3, -0.25) is 14.2 Å². The Hall–Kier alpha value is -3.88. The Morgan fingerprint density at radius 2 is 2.11 bits per heavy atom. The fourth-order valence-corrected chi connectivity index (χ4v) is 3.13. The molecule has 5 heterocycles. The van der Waals surface area contributed by atoms with E-state index >= 15 is 0 Å². The van der Waals surface area contributed by atoms with Gasteiger partial charge in [0.15, 0.2) is 23.0 Å². The number of rotatable bonds is 3. The highest BCUT2D eigenvalue weighted by Gasteiger charge is 2.15. The second-order valence-electron chi connectivity index (χ2n) is 6.40. The van der Waals surface area contributed by atoms with Crippen LogP contribution < -0.4 is 5.56 Å². The molecule has 0 aliphatic heterocycles. The smallest absolute Gasteiger partial charge is 0.260 e. The highest BCUT2D eigenvalue weighted by Crippen LogP contribution is 2.23. The average Bonchev–Trinajstić information content (AvgIpc) is 3.31. The van der Waals surface area contributed by atoms with Gasteiger partial charge in [0.05, 0.1) is 23.1 Å². The second kappa shape index (κ2) is 6.08. The first-order chi connectivity index (χ1) is 13.6. The third-order valence-corrected chi connectivity index (χ3v) is 4.50. The Balaban J connectivity index is 1.63. The molecule has 5 rings (SSSR count). The van der Waals surface area contributed by atoms with Gasteiger partial charge in [0.1, 0.15) is 0 Å². The van der Waals surface area contributed by atoms with Gasteiger partial charge in [-0.1, -0.05) is 5.16 Å². The number of hydrogen-bond acceptors (Lipinski definition) is 6. The number of halogens is 1. The molecule has 0 aliphatic rings. The zero-order valence-electron chi connectivity index (χ0n) is 14.7. The van der Waals surface area contributed by atoms with Gasteiger partial charge >= 0.3 is 0 Å². The lowest BCUT2D eigenvalue weighted by Gasteiger charge is -2.07. The van der Waals surface area contributed by atoms with Crippen LogP contribution in [-0.4, -0.2) is 29.3 Å². The molecule has 0 radical (unpaired) electrons. The van der Waals surface area contributed by atoms with E-state index in [1.807, 2.05) is 0 Å². The minimum absolute atomic E-state index is 0.0745. The van der Waals surface area contributed by atoms with Crippen molar-refractivity contribution in [3.63, 3.8) is 0 Å².